The van der Waals surface area contributed by atoms with Crippen LogP contribution in [-0.4, -0.2) is 35.2 Å². The number of carbonyl (C=O) groups is 1. The molecule has 2 atom stereocenters. The van der Waals surface area contributed by atoms with Gasteiger partial charge in [-0.2, -0.15) is 9.82 Å². The minimum atomic E-state index is -3.90. The lowest BCUT2D eigenvalue weighted by molar-refractivity contribution is -0.147. The van der Waals surface area contributed by atoms with Crippen molar-refractivity contribution in [1.29, 1.82) is 0 Å². The summed E-state index contributed by atoms with van der Waals surface area (Å²) in [6.45, 7) is 1.77. The molecule has 1 aliphatic rings. The summed E-state index contributed by atoms with van der Waals surface area (Å²) in [5.41, 5.74) is -1.43. The van der Waals surface area contributed by atoms with E-state index in [-0.39, 0.29) is 10.9 Å². The minimum Gasteiger partial charge on any atom is -0.480 e. The van der Waals surface area contributed by atoms with Crippen LogP contribution in [0.4, 0.5) is 0 Å². The molecule has 3 N–H and O–H groups in total. The van der Waals surface area contributed by atoms with Crippen LogP contribution in [0.5, 0.6) is 0 Å². The summed E-state index contributed by atoms with van der Waals surface area (Å²) in [6.07, 6.45) is 3.92. The first-order chi connectivity index (χ1) is 8.88. The van der Waals surface area contributed by atoms with Crippen molar-refractivity contribution in [1.82, 2.24) is 14.9 Å². The number of nitrogens with zero attached hydrogens (tertiary/aromatic N) is 1. The van der Waals surface area contributed by atoms with Crippen LogP contribution in [-0.2, 0) is 14.8 Å². The highest BCUT2D eigenvalue weighted by molar-refractivity contribution is 7.89. The Balaban J connectivity index is 2.34. The van der Waals surface area contributed by atoms with Gasteiger partial charge in [-0.15, -0.1) is 0 Å². The number of aliphatic carboxylic acids is 1. The molecule has 1 heterocycles. The summed E-state index contributed by atoms with van der Waals surface area (Å²) >= 11 is 0. The number of carboxylic acid groups (broad SMARTS) is 1. The number of aromatic amines is 1. The molecule has 1 aliphatic carbocycles. The molecular formula is C11H17N3O4S. The molecule has 1 aromatic rings. The molecule has 2 unspecified atom stereocenters. The van der Waals surface area contributed by atoms with E-state index in [4.69, 9.17) is 0 Å². The van der Waals surface area contributed by atoms with E-state index < -0.39 is 21.5 Å². The van der Waals surface area contributed by atoms with Crippen LogP contribution in [0.3, 0.4) is 0 Å². The zero-order valence-corrected chi connectivity index (χ0v) is 11.4. The molecule has 0 aliphatic heterocycles. The predicted octanol–water partition coefficient (Wildman–Crippen LogP) is 0.721. The van der Waals surface area contributed by atoms with Crippen LogP contribution in [0.2, 0.25) is 0 Å². The fourth-order valence-corrected chi connectivity index (χ4v) is 3.94. The first kappa shape index (κ1) is 14.0. The fraction of sp³-hybridized carbons (Fsp3) is 0.636. The summed E-state index contributed by atoms with van der Waals surface area (Å²) in [5, 5.41) is 15.3. The van der Waals surface area contributed by atoms with E-state index in [1.54, 1.807) is 6.92 Å². The lowest BCUT2D eigenvalue weighted by Crippen LogP contribution is -2.59. The van der Waals surface area contributed by atoms with Gasteiger partial charge in [-0.1, -0.05) is 19.8 Å². The van der Waals surface area contributed by atoms with Crippen molar-refractivity contribution in [2.75, 3.05) is 0 Å². The van der Waals surface area contributed by atoms with Gasteiger partial charge in [0.15, 0.2) is 5.03 Å². The first-order valence-electron chi connectivity index (χ1n) is 6.15. The first-order valence-corrected chi connectivity index (χ1v) is 7.63. The van der Waals surface area contributed by atoms with Crippen molar-refractivity contribution in [2.45, 2.75) is 43.2 Å². The standard InChI is InChI=1S/C11H17N3O4S/c1-8-4-2-3-6-11(8,10(15)16)14-19(17,18)9-5-7-12-13-9/h5,7-8,14H,2-4,6H2,1H3,(H,12,13)(H,15,16). The number of H-pyrrole nitrogens is 1. The largest absolute Gasteiger partial charge is 0.480 e. The average Bonchev–Trinajstić information content (AvgIpc) is 2.86. The molecule has 8 heteroatoms. The maximum Gasteiger partial charge on any atom is 0.325 e. The maximum absolute atomic E-state index is 12.2. The quantitative estimate of drug-likeness (QED) is 0.755. The SMILES string of the molecule is CC1CCCCC1(NS(=O)(=O)c1ccn[nH]1)C(=O)O. The monoisotopic (exact) mass is 287 g/mol. The summed E-state index contributed by atoms with van der Waals surface area (Å²) in [5.74, 6) is -1.38. The molecule has 0 aromatic carbocycles. The average molecular weight is 287 g/mol. The van der Waals surface area contributed by atoms with Gasteiger partial charge in [-0.05, 0) is 24.8 Å². The molecule has 0 amide bonds. The normalized spacial score (nSPS) is 28.2. The molecule has 0 spiro atoms. The summed E-state index contributed by atoms with van der Waals surface area (Å²) in [4.78, 5) is 11.6. The molecule has 2 rings (SSSR count). The van der Waals surface area contributed by atoms with Gasteiger partial charge in [0.25, 0.3) is 10.0 Å². The third-order valence-electron chi connectivity index (χ3n) is 3.76. The molecule has 106 valence electrons. The third kappa shape index (κ3) is 2.50. The Hall–Kier alpha value is -1.41. The smallest absolute Gasteiger partial charge is 0.325 e. The number of sulfonamides is 1. The molecular weight excluding hydrogens is 270 g/mol. The van der Waals surface area contributed by atoms with E-state index in [2.05, 4.69) is 14.9 Å². The zero-order chi connectivity index (χ0) is 14.1. The Morgan fingerprint density at radius 1 is 1.58 bits per heavy atom. The molecule has 0 bridgehead atoms. The van der Waals surface area contributed by atoms with Gasteiger partial charge in [0.05, 0.1) is 6.20 Å². The van der Waals surface area contributed by atoms with E-state index in [0.29, 0.717) is 19.3 Å². The van der Waals surface area contributed by atoms with Gasteiger partial charge in [0.2, 0.25) is 0 Å². The zero-order valence-electron chi connectivity index (χ0n) is 10.6. The van der Waals surface area contributed by atoms with Crippen molar-refractivity contribution < 1.29 is 18.3 Å². The number of carboxylic acids is 1. The minimum absolute atomic E-state index is 0.120. The predicted molar refractivity (Wildman–Crippen MR) is 66.9 cm³/mol. The summed E-state index contributed by atoms with van der Waals surface area (Å²) < 4.78 is 26.7. The second-order valence-electron chi connectivity index (χ2n) is 4.95. The van der Waals surface area contributed by atoms with Crippen LogP contribution in [0, 0.1) is 5.92 Å². The number of aromatic nitrogens is 2. The van der Waals surface area contributed by atoms with Crippen molar-refractivity contribution in [2.24, 2.45) is 5.92 Å². The van der Waals surface area contributed by atoms with Crippen molar-refractivity contribution in [3.8, 4) is 0 Å². The highest BCUT2D eigenvalue weighted by Crippen LogP contribution is 2.35. The maximum atomic E-state index is 12.2. The molecule has 19 heavy (non-hydrogen) atoms. The number of hydrogen-bond acceptors (Lipinski definition) is 4. The van der Waals surface area contributed by atoms with Gasteiger partial charge in [-0.25, -0.2) is 8.42 Å². The van der Waals surface area contributed by atoms with Crippen molar-refractivity contribution >= 4 is 16.0 Å². The van der Waals surface area contributed by atoms with Crippen LogP contribution >= 0.6 is 0 Å². The van der Waals surface area contributed by atoms with Crippen LogP contribution in [0.1, 0.15) is 32.6 Å². The van der Waals surface area contributed by atoms with Crippen molar-refractivity contribution in [3.63, 3.8) is 0 Å². The van der Waals surface area contributed by atoms with E-state index in [9.17, 15) is 18.3 Å². The molecule has 0 radical (unpaired) electrons. The van der Waals surface area contributed by atoms with Crippen LogP contribution < -0.4 is 4.72 Å². The Morgan fingerprint density at radius 2 is 2.32 bits per heavy atom. The molecule has 1 aromatic heterocycles. The second kappa shape index (κ2) is 4.93. The number of hydrogen-bond donors (Lipinski definition) is 3. The Labute approximate surface area is 111 Å². The summed E-state index contributed by atoms with van der Waals surface area (Å²) in [6, 6.07) is 1.30. The number of nitrogens with one attached hydrogen (secondary N) is 2. The third-order valence-corrected chi connectivity index (χ3v) is 5.20. The molecule has 0 saturated heterocycles. The van der Waals surface area contributed by atoms with E-state index >= 15 is 0 Å². The van der Waals surface area contributed by atoms with Gasteiger partial charge in [0.1, 0.15) is 5.54 Å². The topological polar surface area (TPSA) is 112 Å². The molecule has 1 saturated carbocycles. The Kier molecular flexibility index (Phi) is 3.64. The van der Waals surface area contributed by atoms with Gasteiger partial charge in [-0.3, -0.25) is 9.89 Å². The van der Waals surface area contributed by atoms with E-state index in [1.807, 2.05) is 0 Å². The van der Waals surface area contributed by atoms with Gasteiger partial charge >= 0.3 is 5.97 Å². The Morgan fingerprint density at radius 3 is 2.84 bits per heavy atom. The van der Waals surface area contributed by atoms with Crippen LogP contribution in [0.25, 0.3) is 0 Å². The van der Waals surface area contributed by atoms with Crippen LogP contribution in [0.15, 0.2) is 17.3 Å². The Bertz CT molecular complexity index is 555. The number of rotatable bonds is 4. The van der Waals surface area contributed by atoms with Gasteiger partial charge in [0, 0.05) is 0 Å². The lowest BCUT2D eigenvalue weighted by Gasteiger charge is -2.38. The summed E-state index contributed by atoms with van der Waals surface area (Å²) in [7, 11) is -3.90. The highest BCUT2D eigenvalue weighted by Gasteiger charge is 2.48. The highest BCUT2D eigenvalue weighted by atomic mass is 32.2. The lowest BCUT2D eigenvalue weighted by atomic mass is 9.74. The van der Waals surface area contributed by atoms with E-state index in [1.165, 1.54) is 12.3 Å². The molecule has 1 fully saturated rings. The van der Waals surface area contributed by atoms with Crippen molar-refractivity contribution in [3.05, 3.63) is 12.3 Å². The fourth-order valence-electron chi connectivity index (χ4n) is 2.55. The van der Waals surface area contributed by atoms with Gasteiger partial charge < -0.3 is 5.11 Å². The van der Waals surface area contributed by atoms with E-state index in [0.717, 1.165) is 6.42 Å². The molecule has 7 nitrogen and oxygen atoms in total. The second-order valence-corrected chi connectivity index (χ2v) is 6.60.